The van der Waals surface area contributed by atoms with Gasteiger partial charge in [-0.2, -0.15) is 0 Å². The third kappa shape index (κ3) is 3.30. The summed E-state index contributed by atoms with van der Waals surface area (Å²) in [5, 5.41) is 8.90. The maximum Gasteiger partial charge on any atom is 0.306 e. The van der Waals surface area contributed by atoms with Crippen LogP contribution in [0.1, 0.15) is 31.4 Å². The third-order valence-corrected chi connectivity index (χ3v) is 3.31. The van der Waals surface area contributed by atoms with Crippen LogP contribution in [0, 0.1) is 11.8 Å². The zero-order valence-corrected chi connectivity index (χ0v) is 10.0. The monoisotopic (exact) mass is 234 g/mol. The second-order valence-corrected chi connectivity index (χ2v) is 4.69. The number of carbonyl (C=O) groups excluding carboxylic acids is 1. The third-order valence-electron chi connectivity index (χ3n) is 3.31. The Labute approximate surface area is 101 Å². The highest BCUT2D eigenvalue weighted by atomic mass is 16.5. The zero-order chi connectivity index (χ0) is 12.3. The van der Waals surface area contributed by atoms with Gasteiger partial charge < -0.3 is 9.84 Å². The van der Waals surface area contributed by atoms with Gasteiger partial charge in [-0.3, -0.25) is 4.79 Å². The van der Waals surface area contributed by atoms with Gasteiger partial charge in [0.05, 0.1) is 0 Å². The molecule has 92 valence electrons. The van der Waals surface area contributed by atoms with E-state index in [1.54, 1.807) is 0 Å². The van der Waals surface area contributed by atoms with Crippen LogP contribution in [0.25, 0.3) is 0 Å². The van der Waals surface area contributed by atoms with E-state index in [-0.39, 0.29) is 18.7 Å². The average Bonchev–Trinajstić information content (AvgIpc) is 3.08. The molecule has 0 aliphatic heterocycles. The first-order valence-electron chi connectivity index (χ1n) is 6.06. The number of aliphatic hydroxyl groups excluding tert-OH is 1. The van der Waals surface area contributed by atoms with E-state index in [0.29, 0.717) is 18.3 Å². The van der Waals surface area contributed by atoms with E-state index >= 15 is 0 Å². The second kappa shape index (κ2) is 5.32. The quantitative estimate of drug-likeness (QED) is 0.795. The van der Waals surface area contributed by atoms with Crippen molar-refractivity contribution >= 4 is 5.97 Å². The van der Waals surface area contributed by atoms with Crippen molar-refractivity contribution in [1.29, 1.82) is 0 Å². The fourth-order valence-corrected chi connectivity index (χ4v) is 2.04. The number of hydrogen-bond donors (Lipinski definition) is 1. The van der Waals surface area contributed by atoms with Crippen molar-refractivity contribution in [3.63, 3.8) is 0 Å². The summed E-state index contributed by atoms with van der Waals surface area (Å²) in [6.07, 6.45) is 1.18. The van der Waals surface area contributed by atoms with Crippen molar-refractivity contribution in [2.24, 2.45) is 11.8 Å². The number of esters is 1. The number of rotatable bonds is 5. The van der Waals surface area contributed by atoms with Gasteiger partial charge in [0.15, 0.2) is 0 Å². The summed E-state index contributed by atoms with van der Waals surface area (Å²) in [6, 6.07) is 9.70. The van der Waals surface area contributed by atoms with E-state index in [2.05, 4.69) is 0 Å². The van der Waals surface area contributed by atoms with Crippen LogP contribution in [-0.2, 0) is 9.53 Å². The molecular formula is C14H18O3. The SMILES string of the molecule is C[C@H](OC(=O)C[C@H]1C[C@H]1CO)c1ccccc1. The molecule has 1 fully saturated rings. The molecule has 1 aromatic carbocycles. The van der Waals surface area contributed by atoms with Crippen molar-refractivity contribution in [2.75, 3.05) is 6.61 Å². The predicted octanol–water partition coefficient (Wildman–Crippen LogP) is 2.31. The lowest BCUT2D eigenvalue weighted by Gasteiger charge is -2.13. The summed E-state index contributed by atoms with van der Waals surface area (Å²) in [5.74, 6) is 0.479. The molecule has 1 saturated carbocycles. The molecule has 3 atom stereocenters. The summed E-state index contributed by atoms with van der Waals surface area (Å²) < 4.78 is 5.36. The molecule has 0 unspecified atom stereocenters. The normalized spacial score (nSPS) is 24.1. The van der Waals surface area contributed by atoms with Gasteiger partial charge in [0.1, 0.15) is 6.10 Å². The van der Waals surface area contributed by atoms with Gasteiger partial charge in [0.2, 0.25) is 0 Å². The fourth-order valence-electron chi connectivity index (χ4n) is 2.04. The Morgan fingerprint density at radius 3 is 2.71 bits per heavy atom. The van der Waals surface area contributed by atoms with Crippen LogP contribution in [0.2, 0.25) is 0 Å². The van der Waals surface area contributed by atoms with Gasteiger partial charge >= 0.3 is 5.97 Å². The molecule has 0 aromatic heterocycles. The molecule has 1 N–H and O–H groups in total. The summed E-state index contributed by atoms with van der Waals surface area (Å²) in [6.45, 7) is 2.07. The molecule has 1 aliphatic carbocycles. The standard InChI is InChI=1S/C14H18O3/c1-10(11-5-3-2-4-6-11)17-14(16)8-12-7-13(12)9-15/h2-6,10,12-13,15H,7-9H2,1H3/t10-,12+,13-/m0/s1. The molecule has 17 heavy (non-hydrogen) atoms. The lowest BCUT2D eigenvalue weighted by Crippen LogP contribution is -2.10. The highest BCUT2D eigenvalue weighted by Gasteiger charge is 2.38. The molecule has 0 saturated heterocycles. The van der Waals surface area contributed by atoms with Crippen LogP contribution in [0.15, 0.2) is 30.3 Å². The highest BCUT2D eigenvalue weighted by molar-refractivity contribution is 5.70. The van der Waals surface area contributed by atoms with Crippen molar-refractivity contribution in [3.8, 4) is 0 Å². The fraction of sp³-hybridized carbons (Fsp3) is 0.500. The molecule has 3 heteroatoms. The molecule has 0 spiro atoms. The zero-order valence-electron chi connectivity index (χ0n) is 10.0. The first-order valence-corrected chi connectivity index (χ1v) is 6.06. The Bertz CT molecular complexity index is 374. The number of hydrogen-bond acceptors (Lipinski definition) is 3. The van der Waals surface area contributed by atoms with Crippen LogP contribution < -0.4 is 0 Å². The van der Waals surface area contributed by atoms with E-state index in [1.807, 2.05) is 37.3 Å². The van der Waals surface area contributed by atoms with E-state index in [4.69, 9.17) is 9.84 Å². The number of carbonyl (C=O) groups is 1. The first-order chi connectivity index (χ1) is 8.20. The second-order valence-electron chi connectivity index (χ2n) is 4.69. The minimum Gasteiger partial charge on any atom is -0.458 e. The van der Waals surface area contributed by atoms with Gasteiger partial charge in [-0.25, -0.2) is 0 Å². The number of aliphatic hydroxyl groups is 1. The topological polar surface area (TPSA) is 46.5 Å². The Balaban J connectivity index is 1.79. The molecule has 0 radical (unpaired) electrons. The maximum absolute atomic E-state index is 11.6. The largest absolute Gasteiger partial charge is 0.458 e. The maximum atomic E-state index is 11.6. The van der Waals surface area contributed by atoms with E-state index in [1.165, 1.54) is 0 Å². The van der Waals surface area contributed by atoms with Crippen molar-refractivity contribution in [1.82, 2.24) is 0 Å². The lowest BCUT2D eigenvalue weighted by molar-refractivity contribution is -0.149. The summed E-state index contributed by atoms with van der Waals surface area (Å²) in [5.41, 5.74) is 1.01. The summed E-state index contributed by atoms with van der Waals surface area (Å²) in [7, 11) is 0. The van der Waals surface area contributed by atoms with Crippen LogP contribution in [0.4, 0.5) is 0 Å². The van der Waals surface area contributed by atoms with E-state index < -0.39 is 0 Å². The van der Waals surface area contributed by atoms with Crippen LogP contribution >= 0.6 is 0 Å². The summed E-state index contributed by atoms with van der Waals surface area (Å²) >= 11 is 0. The van der Waals surface area contributed by atoms with Crippen LogP contribution in [0.3, 0.4) is 0 Å². The Morgan fingerprint density at radius 1 is 1.41 bits per heavy atom. The van der Waals surface area contributed by atoms with Crippen molar-refractivity contribution in [3.05, 3.63) is 35.9 Å². The Kier molecular flexibility index (Phi) is 3.79. The van der Waals surface area contributed by atoms with Gasteiger partial charge in [-0.05, 0) is 30.7 Å². The highest BCUT2D eigenvalue weighted by Crippen LogP contribution is 2.41. The van der Waals surface area contributed by atoms with Gasteiger partial charge in [0, 0.05) is 13.0 Å². The van der Waals surface area contributed by atoms with E-state index in [0.717, 1.165) is 12.0 Å². The molecular weight excluding hydrogens is 216 g/mol. The van der Waals surface area contributed by atoms with Crippen LogP contribution in [0.5, 0.6) is 0 Å². The van der Waals surface area contributed by atoms with Gasteiger partial charge in [-0.15, -0.1) is 0 Å². The van der Waals surface area contributed by atoms with Gasteiger partial charge in [0.25, 0.3) is 0 Å². The number of benzene rings is 1. The smallest absolute Gasteiger partial charge is 0.306 e. The van der Waals surface area contributed by atoms with Gasteiger partial charge in [-0.1, -0.05) is 30.3 Å². The first kappa shape index (κ1) is 12.1. The van der Waals surface area contributed by atoms with Crippen molar-refractivity contribution < 1.29 is 14.6 Å². The van der Waals surface area contributed by atoms with Crippen LogP contribution in [-0.4, -0.2) is 17.7 Å². The number of ether oxygens (including phenoxy) is 1. The molecule has 1 aliphatic rings. The Morgan fingerprint density at radius 2 is 2.12 bits per heavy atom. The molecule has 0 heterocycles. The minimum absolute atomic E-state index is 0.165. The lowest BCUT2D eigenvalue weighted by atomic mass is 10.1. The van der Waals surface area contributed by atoms with E-state index in [9.17, 15) is 4.79 Å². The summed E-state index contributed by atoms with van der Waals surface area (Å²) in [4.78, 5) is 11.6. The van der Waals surface area contributed by atoms with Crippen molar-refractivity contribution in [2.45, 2.75) is 25.9 Å². The Hall–Kier alpha value is -1.35. The average molecular weight is 234 g/mol. The molecule has 3 nitrogen and oxygen atoms in total. The minimum atomic E-state index is -0.199. The molecule has 2 rings (SSSR count). The molecule has 0 amide bonds. The molecule has 0 bridgehead atoms. The predicted molar refractivity (Wildman–Crippen MR) is 64.2 cm³/mol. The molecule has 1 aromatic rings.